The SMILES string of the molecule is Cn1c(=O)n(C(CCCCC(=O)NO)NS(=O)(=O)c2ccc(-c3ccc(Cl)cc3)cc2)c(=O)c2ccccc21. The molecule has 0 aliphatic carbocycles. The number of aryl methyl sites for hydroxylation is 1. The minimum atomic E-state index is -4.17. The number of rotatable bonds is 10. The van der Waals surface area contributed by atoms with Crippen molar-refractivity contribution in [3.8, 4) is 11.1 Å². The summed E-state index contributed by atoms with van der Waals surface area (Å²) >= 11 is 5.95. The van der Waals surface area contributed by atoms with Crippen LogP contribution in [0.1, 0.15) is 31.8 Å². The maximum absolute atomic E-state index is 13.4. The number of amides is 1. The van der Waals surface area contributed by atoms with Gasteiger partial charge in [0.1, 0.15) is 6.17 Å². The first-order chi connectivity index (χ1) is 18.6. The highest BCUT2D eigenvalue weighted by atomic mass is 35.5. The van der Waals surface area contributed by atoms with Gasteiger partial charge in [0.05, 0.1) is 15.8 Å². The molecule has 1 heterocycles. The molecule has 0 saturated carbocycles. The maximum atomic E-state index is 13.4. The van der Waals surface area contributed by atoms with Gasteiger partial charge in [-0.05, 0) is 66.8 Å². The molecule has 1 aromatic heterocycles. The monoisotopic (exact) mass is 570 g/mol. The van der Waals surface area contributed by atoms with E-state index in [1.54, 1.807) is 54.0 Å². The van der Waals surface area contributed by atoms with Gasteiger partial charge in [-0.15, -0.1) is 0 Å². The summed E-state index contributed by atoms with van der Waals surface area (Å²) in [6.07, 6.45) is -0.596. The summed E-state index contributed by atoms with van der Waals surface area (Å²) < 4.78 is 31.5. The lowest BCUT2D eigenvalue weighted by Crippen LogP contribution is -2.47. The van der Waals surface area contributed by atoms with E-state index in [2.05, 4.69) is 4.72 Å². The van der Waals surface area contributed by atoms with Crippen molar-refractivity contribution in [2.24, 2.45) is 7.05 Å². The summed E-state index contributed by atoms with van der Waals surface area (Å²) in [5.41, 5.74) is 2.28. The van der Waals surface area contributed by atoms with Crippen LogP contribution in [0.25, 0.3) is 22.0 Å². The molecule has 204 valence electrons. The first-order valence-electron chi connectivity index (χ1n) is 12.1. The summed E-state index contributed by atoms with van der Waals surface area (Å²) in [5, 5.41) is 9.57. The molecule has 1 amide bonds. The topological polar surface area (TPSA) is 140 Å². The van der Waals surface area contributed by atoms with E-state index in [0.717, 1.165) is 15.7 Å². The van der Waals surface area contributed by atoms with E-state index < -0.39 is 33.3 Å². The highest BCUT2D eigenvalue weighted by Gasteiger charge is 2.25. The number of benzene rings is 3. The number of unbranched alkanes of at least 4 members (excludes halogenated alkanes) is 1. The highest BCUT2D eigenvalue weighted by molar-refractivity contribution is 7.89. The Morgan fingerprint density at radius 2 is 1.56 bits per heavy atom. The quantitative estimate of drug-likeness (QED) is 0.151. The minimum Gasteiger partial charge on any atom is -0.296 e. The molecule has 12 heteroatoms. The van der Waals surface area contributed by atoms with E-state index in [1.807, 2.05) is 12.1 Å². The number of hydrogen-bond donors (Lipinski definition) is 3. The Morgan fingerprint density at radius 1 is 0.949 bits per heavy atom. The third-order valence-corrected chi connectivity index (χ3v) is 8.14. The Hall–Kier alpha value is -3.77. The fourth-order valence-corrected chi connectivity index (χ4v) is 5.68. The number of nitrogens with one attached hydrogen (secondary N) is 2. The number of carbonyl (C=O) groups excluding carboxylic acids is 1. The van der Waals surface area contributed by atoms with E-state index in [-0.39, 0.29) is 23.1 Å². The second-order valence-electron chi connectivity index (χ2n) is 8.98. The zero-order valence-corrected chi connectivity index (χ0v) is 22.6. The van der Waals surface area contributed by atoms with Crippen molar-refractivity contribution < 1.29 is 18.4 Å². The molecule has 3 N–H and O–H groups in total. The lowest BCUT2D eigenvalue weighted by Gasteiger charge is -2.22. The van der Waals surface area contributed by atoms with Crippen molar-refractivity contribution in [2.75, 3.05) is 0 Å². The van der Waals surface area contributed by atoms with Crippen molar-refractivity contribution in [3.63, 3.8) is 0 Å². The molecule has 0 spiro atoms. The van der Waals surface area contributed by atoms with Gasteiger partial charge in [0.15, 0.2) is 0 Å². The largest absolute Gasteiger partial charge is 0.332 e. The molecular formula is C27H27ClN4O6S. The van der Waals surface area contributed by atoms with Crippen LogP contribution < -0.4 is 21.5 Å². The predicted octanol–water partition coefficient (Wildman–Crippen LogP) is 3.56. The summed E-state index contributed by atoms with van der Waals surface area (Å²) in [7, 11) is -2.66. The van der Waals surface area contributed by atoms with Gasteiger partial charge in [0.25, 0.3) is 5.56 Å². The molecule has 1 atom stereocenters. The Bertz CT molecular complexity index is 1710. The van der Waals surface area contributed by atoms with Crippen molar-refractivity contribution in [3.05, 3.63) is 98.7 Å². The van der Waals surface area contributed by atoms with Crippen LogP contribution in [0.4, 0.5) is 0 Å². The lowest BCUT2D eigenvalue weighted by molar-refractivity contribution is -0.129. The fourth-order valence-electron chi connectivity index (χ4n) is 4.34. The van der Waals surface area contributed by atoms with Crippen LogP contribution in [0.5, 0.6) is 0 Å². The molecule has 4 rings (SSSR count). The van der Waals surface area contributed by atoms with E-state index in [4.69, 9.17) is 16.8 Å². The van der Waals surface area contributed by atoms with Gasteiger partial charge < -0.3 is 0 Å². The third-order valence-electron chi connectivity index (χ3n) is 6.41. The number of hydroxylamine groups is 1. The number of aromatic nitrogens is 2. The molecule has 0 aliphatic heterocycles. The highest BCUT2D eigenvalue weighted by Crippen LogP contribution is 2.24. The number of carbonyl (C=O) groups is 1. The van der Waals surface area contributed by atoms with Gasteiger partial charge in [0, 0.05) is 18.5 Å². The first-order valence-corrected chi connectivity index (χ1v) is 14.0. The number of hydrogen-bond acceptors (Lipinski definition) is 6. The second-order valence-corrected chi connectivity index (χ2v) is 11.1. The van der Waals surface area contributed by atoms with Crippen LogP contribution in [0.2, 0.25) is 5.02 Å². The third kappa shape index (κ3) is 6.28. The van der Waals surface area contributed by atoms with E-state index in [0.29, 0.717) is 23.4 Å². The van der Waals surface area contributed by atoms with E-state index >= 15 is 0 Å². The number of fused-ring (bicyclic) bond motifs is 1. The van der Waals surface area contributed by atoms with Gasteiger partial charge in [-0.25, -0.2) is 23.3 Å². The normalized spacial score (nSPS) is 12.4. The zero-order valence-electron chi connectivity index (χ0n) is 21.0. The van der Waals surface area contributed by atoms with Gasteiger partial charge in [-0.1, -0.05) is 48.0 Å². The van der Waals surface area contributed by atoms with Gasteiger partial charge in [0.2, 0.25) is 15.9 Å². The Labute approximate surface area is 229 Å². The van der Waals surface area contributed by atoms with Crippen LogP contribution in [0.3, 0.4) is 0 Å². The lowest BCUT2D eigenvalue weighted by atomic mass is 10.1. The zero-order chi connectivity index (χ0) is 28.2. The molecule has 0 radical (unpaired) electrons. The van der Waals surface area contributed by atoms with Crippen molar-refractivity contribution in [1.82, 2.24) is 19.3 Å². The molecule has 0 saturated heterocycles. The number of nitrogens with zero attached hydrogens (tertiary/aromatic N) is 2. The van der Waals surface area contributed by atoms with Gasteiger partial charge in [-0.3, -0.25) is 19.4 Å². The summed E-state index contributed by atoms with van der Waals surface area (Å²) in [6.45, 7) is 0. The number of sulfonamides is 1. The summed E-state index contributed by atoms with van der Waals surface area (Å²) in [4.78, 5) is 38.0. The molecule has 0 fully saturated rings. The van der Waals surface area contributed by atoms with Crippen molar-refractivity contribution in [1.29, 1.82) is 0 Å². The van der Waals surface area contributed by atoms with Crippen molar-refractivity contribution in [2.45, 2.75) is 36.7 Å². The van der Waals surface area contributed by atoms with Crippen LogP contribution in [0, 0.1) is 0 Å². The minimum absolute atomic E-state index is 0.00718. The molecule has 0 aliphatic rings. The molecule has 39 heavy (non-hydrogen) atoms. The average Bonchev–Trinajstić information content (AvgIpc) is 2.94. The number of para-hydroxylation sites is 1. The molecule has 3 aromatic carbocycles. The molecule has 10 nitrogen and oxygen atoms in total. The molecule has 0 bridgehead atoms. The summed E-state index contributed by atoms with van der Waals surface area (Å²) in [6, 6.07) is 19.9. The predicted molar refractivity (Wildman–Crippen MR) is 148 cm³/mol. The Balaban J connectivity index is 1.69. The average molecular weight is 571 g/mol. The second kappa shape index (κ2) is 12.0. The standard InChI is InChI=1S/C27H27ClN4O6S/c1-31-23-7-3-2-6-22(23)26(34)32(27(31)35)24(8-4-5-9-25(33)29-36)30-39(37,38)21-16-12-19(13-17-21)18-10-14-20(28)15-11-18/h2-3,6-7,10-17,24,30,36H,4-5,8-9H2,1H3,(H,29,33). The van der Waals surface area contributed by atoms with Gasteiger partial charge in [-0.2, -0.15) is 4.72 Å². The van der Waals surface area contributed by atoms with Gasteiger partial charge >= 0.3 is 5.69 Å². The molecular weight excluding hydrogens is 544 g/mol. The van der Waals surface area contributed by atoms with E-state index in [9.17, 15) is 22.8 Å². The molecule has 1 unspecified atom stereocenters. The van der Waals surface area contributed by atoms with E-state index in [1.165, 1.54) is 23.7 Å². The first kappa shape index (κ1) is 28.2. The van der Waals surface area contributed by atoms with Crippen LogP contribution >= 0.6 is 11.6 Å². The smallest absolute Gasteiger partial charge is 0.296 e. The van der Waals surface area contributed by atoms with Crippen LogP contribution in [-0.4, -0.2) is 28.7 Å². The summed E-state index contributed by atoms with van der Waals surface area (Å²) in [5.74, 6) is -0.591. The van der Waals surface area contributed by atoms with Crippen LogP contribution in [0.15, 0.2) is 87.3 Å². The number of halogens is 1. The van der Waals surface area contributed by atoms with Crippen LogP contribution in [-0.2, 0) is 21.9 Å². The Kier molecular flexibility index (Phi) is 8.66. The molecule has 4 aromatic rings. The van der Waals surface area contributed by atoms with Crippen molar-refractivity contribution >= 4 is 38.4 Å². The fraction of sp³-hybridized carbons (Fsp3) is 0.222. The maximum Gasteiger partial charge on any atom is 0.332 e. The Morgan fingerprint density at radius 3 is 2.21 bits per heavy atom.